The maximum absolute atomic E-state index is 4.19. The lowest BCUT2D eigenvalue weighted by atomic mass is 9.98. The molecule has 0 atom stereocenters. The van der Waals surface area contributed by atoms with Crippen LogP contribution in [0.5, 0.6) is 0 Å². The van der Waals surface area contributed by atoms with Crippen LogP contribution in [0.4, 0.5) is 0 Å². The average Bonchev–Trinajstić information content (AvgIpc) is 2.44. The molecule has 0 saturated carbocycles. The Kier molecular flexibility index (Phi) is 3.14. The van der Waals surface area contributed by atoms with Gasteiger partial charge in [0.25, 0.3) is 0 Å². The fourth-order valence-electron chi connectivity index (χ4n) is 1.61. The topological polar surface area (TPSA) is 12.4 Å². The SMILES string of the molecule is BrC1=CC=CCC(C2=CC=NCC2)=C1. The van der Waals surface area contributed by atoms with Crippen LogP contribution in [0.3, 0.4) is 0 Å². The van der Waals surface area contributed by atoms with Crippen molar-refractivity contribution in [1.82, 2.24) is 0 Å². The van der Waals surface area contributed by atoms with Gasteiger partial charge in [-0.25, -0.2) is 0 Å². The fourth-order valence-corrected chi connectivity index (χ4v) is 2.03. The molecular formula is C12H12BrN. The van der Waals surface area contributed by atoms with Crippen molar-refractivity contribution in [2.75, 3.05) is 6.54 Å². The lowest BCUT2D eigenvalue weighted by Gasteiger charge is -2.11. The summed E-state index contributed by atoms with van der Waals surface area (Å²) in [4.78, 5) is 4.19. The zero-order valence-corrected chi connectivity index (χ0v) is 9.50. The van der Waals surface area contributed by atoms with Gasteiger partial charge in [0.15, 0.2) is 0 Å². The number of hydrogen-bond donors (Lipinski definition) is 0. The molecule has 0 bridgehead atoms. The monoisotopic (exact) mass is 249 g/mol. The van der Waals surface area contributed by atoms with Crippen LogP contribution >= 0.6 is 15.9 Å². The zero-order valence-electron chi connectivity index (χ0n) is 7.91. The first kappa shape index (κ1) is 9.66. The van der Waals surface area contributed by atoms with Crippen LogP contribution in [-0.4, -0.2) is 12.8 Å². The van der Waals surface area contributed by atoms with Gasteiger partial charge in [0.05, 0.1) is 0 Å². The summed E-state index contributed by atoms with van der Waals surface area (Å²) in [5.74, 6) is 0. The molecule has 2 aliphatic rings. The summed E-state index contributed by atoms with van der Waals surface area (Å²) in [6, 6.07) is 0. The second kappa shape index (κ2) is 4.56. The van der Waals surface area contributed by atoms with Crippen molar-refractivity contribution in [2.24, 2.45) is 4.99 Å². The molecule has 0 unspecified atom stereocenters. The van der Waals surface area contributed by atoms with E-state index in [9.17, 15) is 0 Å². The molecule has 0 radical (unpaired) electrons. The second-order valence-electron chi connectivity index (χ2n) is 3.35. The summed E-state index contributed by atoms with van der Waals surface area (Å²) in [6.45, 7) is 0.925. The maximum atomic E-state index is 4.19. The summed E-state index contributed by atoms with van der Waals surface area (Å²) < 4.78 is 1.14. The highest BCUT2D eigenvalue weighted by molar-refractivity contribution is 9.11. The number of dihydropyridines is 1. The van der Waals surface area contributed by atoms with Gasteiger partial charge in [0.2, 0.25) is 0 Å². The summed E-state index contributed by atoms with van der Waals surface area (Å²) in [6.07, 6.45) is 14.7. The molecule has 0 fully saturated rings. The fraction of sp³-hybridized carbons (Fsp3) is 0.250. The highest BCUT2D eigenvalue weighted by Gasteiger charge is 2.07. The first-order valence-corrected chi connectivity index (χ1v) is 5.58. The minimum Gasteiger partial charge on any atom is -0.293 e. The van der Waals surface area contributed by atoms with E-state index in [0.29, 0.717) is 0 Å². The Bertz CT molecular complexity index is 370. The summed E-state index contributed by atoms with van der Waals surface area (Å²) in [5, 5.41) is 0. The van der Waals surface area contributed by atoms with Gasteiger partial charge >= 0.3 is 0 Å². The van der Waals surface area contributed by atoms with E-state index in [4.69, 9.17) is 0 Å². The van der Waals surface area contributed by atoms with Crippen LogP contribution in [0.15, 0.2) is 51.0 Å². The molecule has 0 aromatic heterocycles. The van der Waals surface area contributed by atoms with Gasteiger partial charge in [-0.3, -0.25) is 4.99 Å². The van der Waals surface area contributed by atoms with Gasteiger partial charge in [-0.05, 0) is 42.2 Å². The average molecular weight is 250 g/mol. The molecule has 0 amide bonds. The highest BCUT2D eigenvalue weighted by atomic mass is 79.9. The quantitative estimate of drug-likeness (QED) is 0.674. The molecule has 2 rings (SSSR count). The summed E-state index contributed by atoms with van der Waals surface area (Å²) >= 11 is 3.52. The van der Waals surface area contributed by atoms with Crippen molar-refractivity contribution in [2.45, 2.75) is 12.8 Å². The van der Waals surface area contributed by atoms with Crippen molar-refractivity contribution < 1.29 is 0 Å². The molecule has 1 heterocycles. The molecule has 1 aliphatic carbocycles. The van der Waals surface area contributed by atoms with E-state index in [-0.39, 0.29) is 0 Å². The Morgan fingerprint density at radius 2 is 2.14 bits per heavy atom. The Morgan fingerprint density at radius 3 is 2.93 bits per heavy atom. The Morgan fingerprint density at radius 1 is 1.21 bits per heavy atom. The van der Waals surface area contributed by atoms with Crippen molar-refractivity contribution in [3.63, 3.8) is 0 Å². The molecule has 2 heteroatoms. The minimum absolute atomic E-state index is 0.925. The van der Waals surface area contributed by atoms with E-state index in [1.807, 2.05) is 6.21 Å². The van der Waals surface area contributed by atoms with E-state index in [2.05, 4.69) is 51.3 Å². The van der Waals surface area contributed by atoms with Gasteiger partial charge in [0.1, 0.15) is 0 Å². The van der Waals surface area contributed by atoms with E-state index < -0.39 is 0 Å². The number of nitrogens with zero attached hydrogens (tertiary/aromatic N) is 1. The van der Waals surface area contributed by atoms with Crippen molar-refractivity contribution in [3.05, 3.63) is 46.0 Å². The van der Waals surface area contributed by atoms with Crippen molar-refractivity contribution in [1.29, 1.82) is 0 Å². The molecule has 1 nitrogen and oxygen atoms in total. The third kappa shape index (κ3) is 2.32. The molecular weight excluding hydrogens is 238 g/mol. The first-order chi connectivity index (χ1) is 6.86. The highest BCUT2D eigenvalue weighted by Crippen LogP contribution is 2.25. The Balaban J connectivity index is 2.25. The molecule has 14 heavy (non-hydrogen) atoms. The smallest absolute Gasteiger partial charge is 0.0429 e. The van der Waals surface area contributed by atoms with Crippen LogP contribution in [0.25, 0.3) is 0 Å². The van der Waals surface area contributed by atoms with E-state index in [0.717, 1.165) is 23.9 Å². The van der Waals surface area contributed by atoms with Crippen LogP contribution in [0.2, 0.25) is 0 Å². The maximum Gasteiger partial charge on any atom is 0.0429 e. The van der Waals surface area contributed by atoms with Crippen LogP contribution in [-0.2, 0) is 0 Å². The molecule has 0 N–H and O–H groups in total. The van der Waals surface area contributed by atoms with E-state index in [1.54, 1.807) is 0 Å². The number of aliphatic imine (C=N–C) groups is 1. The standard InChI is InChI=1S/C12H12BrN/c13-12-4-2-1-3-11(9-12)10-5-7-14-8-6-10/h1-2,4-5,7,9H,3,6,8H2. The summed E-state index contributed by atoms with van der Waals surface area (Å²) in [5.41, 5.74) is 2.81. The van der Waals surface area contributed by atoms with Gasteiger partial charge in [-0.2, -0.15) is 0 Å². The van der Waals surface area contributed by atoms with Crippen molar-refractivity contribution >= 4 is 22.1 Å². The van der Waals surface area contributed by atoms with Gasteiger partial charge in [-0.15, -0.1) is 0 Å². The predicted octanol–water partition coefficient (Wildman–Crippen LogP) is 3.55. The lowest BCUT2D eigenvalue weighted by Crippen LogP contribution is -1.97. The van der Waals surface area contributed by atoms with Crippen LogP contribution in [0.1, 0.15) is 12.8 Å². The Labute approximate surface area is 92.7 Å². The number of halogens is 1. The largest absolute Gasteiger partial charge is 0.293 e. The zero-order chi connectivity index (χ0) is 9.80. The third-order valence-electron chi connectivity index (χ3n) is 2.35. The third-order valence-corrected chi connectivity index (χ3v) is 2.84. The molecule has 0 aromatic rings. The lowest BCUT2D eigenvalue weighted by molar-refractivity contribution is 0.938. The number of hydrogen-bond acceptors (Lipinski definition) is 1. The molecule has 1 aliphatic heterocycles. The first-order valence-electron chi connectivity index (χ1n) is 4.78. The van der Waals surface area contributed by atoms with Gasteiger partial charge in [0, 0.05) is 17.2 Å². The second-order valence-corrected chi connectivity index (χ2v) is 4.27. The van der Waals surface area contributed by atoms with Crippen LogP contribution < -0.4 is 0 Å². The van der Waals surface area contributed by atoms with E-state index in [1.165, 1.54) is 11.1 Å². The molecule has 0 spiro atoms. The molecule has 0 saturated heterocycles. The molecule has 0 aromatic carbocycles. The number of allylic oxidation sites excluding steroid dienone is 7. The van der Waals surface area contributed by atoms with Crippen molar-refractivity contribution in [3.8, 4) is 0 Å². The van der Waals surface area contributed by atoms with Crippen LogP contribution in [0, 0.1) is 0 Å². The normalized spacial score (nSPS) is 21.1. The Hall–Kier alpha value is -0.890. The number of rotatable bonds is 1. The van der Waals surface area contributed by atoms with Gasteiger partial charge < -0.3 is 0 Å². The minimum atomic E-state index is 0.925. The van der Waals surface area contributed by atoms with E-state index >= 15 is 0 Å². The predicted molar refractivity (Wildman–Crippen MR) is 64.9 cm³/mol. The summed E-state index contributed by atoms with van der Waals surface area (Å²) in [7, 11) is 0. The molecule has 72 valence electrons. The van der Waals surface area contributed by atoms with Gasteiger partial charge in [-0.1, -0.05) is 28.1 Å².